The summed E-state index contributed by atoms with van der Waals surface area (Å²) < 4.78 is 3.52. The van der Waals surface area contributed by atoms with E-state index in [0.717, 1.165) is 17.1 Å². The Morgan fingerprint density at radius 3 is 2.94 bits per heavy atom. The smallest absolute Gasteiger partial charge is 0.218 e. The van der Waals surface area contributed by atoms with E-state index in [1.165, 1.54) is 0 Å². The molecule has 0 saturated carbocycles. The lowest BCUT2D eigenvalue weighted by Gasteiger charge is -2.07. The minimum Gasteiger partial charge on any atom is -0.315 e. The van der Waals surface area contributed by atoms with E-state index in [2.05, 4.69) is 21.5 Å². The van der Waals surface area contributed by atoms with Crippen molar-refractivity contribution in [3.63, 3.8) is 0 Å². The molecular formula is C11H14N6. The molecule has 2 aromatic rings. The average molecular weight is 230 g/mol. The van der Waals surface area contributed by atoms with E-state index in [9.17, 15) is 0 Å². The number of hydrogen-bond donors (Lipinski definition) is 1. The first-order chi connectivity index (χ1) is 8.19. The van der Waals surface area contributed by atoms with Crippen LogP contribution < -0.4 is 5.32 Å². The molecule has 0 unspecified atom stereocenters. The van der Waals surface area contributed by atoms with E-state index in [-0.39, 0.29) is 0 Å². The number of nitrogens with one attached hydrogen (secondary N) is 1. The summed E-state index contributed by atoms with van der Waals surface area (Å²) in [5, 5.41) is 16.5. The van der Waals surface area contributed by atoms with E-state index in [4.69, 9.17) is 5.26 Å². The molecule has 0 aliphatic rings. The topological polar surface area (TPSA) is 71.5 Å². The number of aromatic nitrogens is 4. The quantitative estimate of drug-likeness (QED) is 0.833. The second-order valence-corrected chi connectivity index (χ2v) is 3.77. The number of imidazole rings is 1. The lowest BCUT2D eigenvalue weighted by atomic mass is 10.2. The SMILES string of the molecule is CNCc1c(C)nn(C)c1-n1ccnc1C#N. The van der Waals surface area contributed by atoms with Gasteiger partial charge < -0.3 is 5.32 Å². The largest absolute Gasteiger partial charge is 0.315 e. The van der Waals surface area contributed by atoms with Gasteiger partial charge in [0.1, 0.15) is 11.9 Å². The Morgan fingerprint density at radius 2 is 2.29 bits per heavy atom. The lowest BCUT2D eigenvalue weighted by Crippen LogP contribution is -2.11. The summed E-state index contributed by atoms with van der Waals surface area (Å²) in [6.07, 6.45) is 3.39. The Hall–Kier alpha value is -2.13. The number of nitriles is 1. The first-order valence-electron chi connectivity index (χ1n) is 5.30. The van der Waals surface area contributed by atoms with Gasteiger partial charge in [-0.2, -0.15) is 10.4 Å². The monoisotopic (exact) mass is 230 g/mol. The predicted molar refractivity (Wildman–Crippen MR) is 62.5 cm³/mol. The summed E-state index contributed by atoms with van der Waals surface area (Å²) in [5.41, 5.74) is 2.03. The van der Waals surface area contributed by atoms with E-state index >= 15 is 0 Å². The van der Waals surface area contributed by atoms with Crippen LogP contribution in [-0.4, -0.2) is 26.4 Å². The van der Waals surface area contributed by atoms with Crippen LogP contribution in [0.4, 0.5) is 0 Å². The van der Waals surface area contributed by atoms with Crippen molar-refractivity contribution in [1.29, 1.82) is 5.26 Å². The molecule has 0 atom stereocenters. The summed E-state index contributed by atoms with van der Waals surface area (Å²) in [6, 6.07) is 2.07. The van der Waals surface area contributed by atoms with Crippen LogP contribution in [0.25, 0.3) is 5.82 Å². The highest BCUT2D eigenvalue weighted by molar-refractivity contribution is 5.40. The van der Waals surface area contributed by atoms with Crippen molar-refractivity contribution in [3.8, 4) is 11.9 Å². The molecule has 1 N–H and O–H groups in total. The summed E-state index contributed by atoms with van der Waals surface area (Å²) in [4.78, 5) is 4.00. The van der Waals surface area contributed by atoms with E-state index in [1.807, 2.05) is 21.0 Å². The molecule has 0 fully saturated rings. The van der Waals surface area contributed by atoms with Crippen LogP contribution in [0.5, 0.6) is 0 Å². The maximum Gasteiger partial charge on any atom is 0.218 e. The maximum absolute atomic E-state index is 9.01. The minimum atomic E-state index is 0.366. The first kappa shape index (κ1) is 11.4. The Balaban J connectivity index is 2.63. The van der Waals surface area contributed by atoms with Gasteiger partial charge in [0.25, 0.3) is 0 Å². The average Bonchev–Trinajstić information content (AvgIpc) is 2.85. The molecule has 2 rings (SSSR count). The highest BCUT2D eigenvalue weighted by Crippen LogP contribution is 2.18. The minimum absolute atomic E-state index is 0.366. The standard InChI is InChI=1S/C11H14N6/c1-8-9(7-13-2)11(16(3)15-8)17-5-4-14-10(17)6-12/h4-5,13H,7H2,1-3H3. The molecule has 0 amide bonds. The molecular weight excluding hydrogens is 216 g/mol. The van der Waals surface area contributed by atoms with Crippen LogP contribution in [0, 0.1) is 18.3 Å². The molecule has 2 aromatic heterocycles. The van der Waals surface area contributed by atoms with Gasteiger partial charge in [0.2, 0.25) is 5.82 Å². The molecule has 2 heterocycles. The zero-order chi connectivity index (χ0) is 12.4. The predicted octanol–water partition coefficient (Wildman–Crippen LogP) is 0.505. The molecule has 0 spiro atoms. The van der Waals surface area contributed by atoms with Crippen LogP contribution in [0.15, 0.2) is 12.4 Å². The maximum atomic E-state index is 9.01. The van der Waals surface area contributed by atoms with Gasteiger partial charge in [0.05, 0.1) is 5.69 Å². The molecule has 6 nitrogen and oxygen atoms in total. The van der Waals surface area contributed by atoms with Gasteiger partial charge in [-0.05, 0) is 14.0 Å². The third-order valence-corrected chi connectivity index (χ3v) is 2.64. The van der Waals surface area contributed by atoms with Gasteiger partial charge >= 0.3 is 0 Å². The van der Waals surface area contributed by atoms with Gasteiger partial charge in [-0.3, -0.25) is 9.25 Å². The fraction of sp³-hybridized carbons (Fsp3) is 0.364. The van der Waals surface area contributed by atoms with Gasteiger partial charge in [-0.15, -0.1) is 0 Å². The van der Waals surface area contributed by atoms with E-state index in [1.54, 1.807) is 21.6 Å². The van der Waals surface area contributed by atoms with Crippen LogP contribution in [0.2, 0.25) is 0 Å². The van der Waals surface area contributed by atoms with Crippen LogP contribution in [0.3, 0.4) is 0 Å². The Bertz CT molecular complexity index is 571. The lowest BCUT2D eigenvalue weighted by molar-refractivity contribution is 0.715. The van der Waals surface area contributed by atoms with Gasteiger partial charge in [-0.25, -0.2) is 4.98 Å². The van der Waals surface area contributed by atoms with Gasteiger partial charge in [0.15, 0.2) is 0 Å². The number of nitrogens with zero attached hydrogens (tertiary/aromatic N) is 5. The van der Waals surface area contributed by atoms with Crippen LogP contribution in [0.1, 0.15) is 17.1 Å². The Labute approximate surface area is 99.5 Å². The third kappa shape index (κ3) is 1.81. The summed E-state index contributed by atoms with van der Waals surface area (Å²) in [5.74, 6) is 1.25. The van der Waals surface area contributed by atoms with Crippen molar-refractivity contribution in [2.45, 2.75) is 13.5 Å². The second kappa shape index (κ2) is 4.39. The molecule has 0 radical (unpaired) electrons. The fourth-order valence-electron chi connectivity index (χ4n) is 1.93. The molecule has 17 heavy (non-hydrogen) atoms. The highest BCUT2D eigenvalue weighted by atomic mass is 15.3. The molecule has 0 aliphatic heterocycles. The van der Waals surface area contributed by atoms with Crippen LogP contribution >= 0.6 is 0 Å². The van der Waals surface area contributed by atoms with Crippen molar-refractivity contribution in [2.75, 3.05) is 7.05 Å². The molecule has 0 bridgehead atoms. The second-order valence-electron chi connectivity index (χ2n) is 3.77. The Kier molecular flexibility index (Phi) is 2.93. The first-order valence-corrected chi connectivity index (χ1v) is 5.30. The Morgan fingerprint density at radius 1 is 1.53 bits per heavy atom. The van der Waals surface area contributed by atoms with Crippen molar-refractivity contribution in [1.82, 2.24) is 24.6 Å². The molecule has 0 aromatic carbocycles. The van der Waals surface area contributed by atoms with Crippen molar-refractivity contribution < 1.29 is 0 Å². The van der Waals surface area contributed by atoms with E-state index < -0.39 is 0 Å². The van der Waals surface area contributed by atoms with E-state index in [0.29, 0.717) is 12.4 Å². The number of hydrogen-bond acceptors (Lipinski definition) is 4. The van der Waals surface area contributed by atoms with Crippen molar-refractivity contribution in [2.24, 2.45) is 7.05 Å². The van der Waals surface area contributed by atoms with Crippen LogP contribution in [-0.2, 0) is 13.6 Å². The highest BCUT2D eigenvalue weighted by Gasteiger charge is 2.16. The number of rotatable bonds is 3. The summed E-state index contributed by atoms with van der Waals surface area (Å²) in [6.45, 7) is 2.66. The fourth-order valence-corrected chi connectivity index (χ4v) is 1.93. The van der Waals surface area contributed by atoms with Crippen molar-refractivity contribution >= 4 is 0 Å². The zero-order valence-corrected chi connectivity index (χ0v) is 10.1. The van der Waals surface area contributed by atoms with Gasteiger partial charge in [-0.1, -0.05) is 0 Å². The third-order valence-electron chi connectivity index (χ3n) is 2.64. The van der Waals surface area contributed by atoms with Crippen molar-refractivity contribution in [3.05, 3.63) is 29.5 Å². The number of aryl methyl sites for hydroxylation is 2. The zero-order valence-electron chi connectivity index (χ0n) is 10.1. The molecule has 6 heteroatoms. The van der Waals surface area contributed by atoms with Gasteiger partial charge in [0, 0.05) is 31.5 Å². The summed E-state index contributed by atoms with van der Waals surface area (Å²) >= 11 is 0. The summed E-state index contributed by atoms with van der Waals surface area (Å²) in [7, 11) is 3.75. The normalized spacial score (nSPS) is 10.5. The molecule has 0 aliphatic carbocycles. The molecule has 0 saturated heterocycles. The molecule has 88 valence electrons.